The van der Waals surface area contributed by atoms with Crippen molar-refractivity contribution in [1.82, 2.24) is 9.55 Å². The van der Waals surface area contributed by atoms with Crippen molar-refractivity contribution in [2.24, 2.45) is 0 Å². The number of aromatic nitrogens is 2. The molecule has 0 aliphatic carbocycles. The van der Waals surface area contributed by atoms with Crippen LogP contribution in [0.3, 0.4) is 0 Å². The molecular formula is C14H7BrCl2N2O. The van der Waals surface area contributed by atoms with Crippen LogP contribution in [0, 0.1) is 0 Å². The number of hydrogen-bond donors (Lipinski definition) is 0. The molecule has 3 nitrogen and oxygen atoms in total. The molecule has 6 heteroatoms. The molecule has 0 radical (unpaired) electrons. The Morgan fingerprint density at radius 3 is 2.65 bits per heavy atom. The first-order valence-electron chi connectivity index (χ1n) is 5.70. The monoisotopic (exact) mass is 368 g/mol. The molecule has 0 fully saturated rings. The fourth-order valence-corrected chi connectivity index (χ4v) is 2.77. The van der Waals surface area contributed by atoms with Crippen molar-refractivity contribution >= 4 is 50.0 Å². The van der Waals surface area contributed by atoms with Gasteiger partial charge in [0.05, 0.1) is 16.6 Å². The van der Waals surface area contributed by atoms with E-state index in [1.54, 1.807) is 42.5 Å². The second kappa shape index (κ2) is 5.20. The Hall–Kier alpha value is -1.36. The van der Waals surface area contributed by atoms with E-state index in [9.17, 15) is 4.79 Å². The highest BCUT2D eigenvalue weighted by molar-refractivity contribution is 9.10. The van der Waals surface area contributed by atoms with E-state index in [1.165, 1.54) is 4.57 Å². The summed E-state index contributed by atoms with van der Waals surface area (Å²) < 4.78 is 2.18. The van der Waals surface area contributed by atoms with Gasteiger partial charge in [0.15, 0.2) is 0 Å². The van der Waals surface area contributed by atoms with Crippen LogP contribution >= 0.6 is 39.1 Å². The molecule has 100 valence electrons. The SMILES string of the molecule is O=c1c2ccc(Br)cc2nc(Cl)n1-c1cccc(Cl)c1. The van der Waals surface area contributed by atoms with E-state index >= 15 is 0 Å². The van der Waals surface area contributed by atoms with Crippen LogP contribution in [-0.2, 0) is 0 Å². The quantitative estimate of drug-likeness (QED) is 0.593. The van der Waals surface area contributed by atoms with Crippen LogP contribution in [0.25, 0.3) is 16.6 Å². The molecule has 20 heavy (non-hydrogen) atoms. The zero-order valence-electron chi connectivity index (χ0n) is 9.98. The Labute approximate surface area is 132 Å². The normalized spacial score (nSPS) is 10.9. The summed E-state index contributed by atoms with van der Waals surface area (Å²) in [7, 11) is 0. The summed E-state index contributed by atoms with van der Waals surface area (Å²) in [6.07, 6.45) is 0. The fourth-order valence-electron chi connectivity index (χ4n) is 1.97. The van der Waals surface area contributed by atoms with Gasteiger partial charge in [0, 0.05) is 9.50 Å². The molecule has 0 spiro atoms. The highest BCUT2D eigenvalue weighted by atomic mass is 79.9. The second-order valence-electron chi connectivity index (χ2n) is 4.16. The average molecular weight is 370 g/mol. The highest BCUT2D eigenvalue weighted by Crippen LogP contribution is 2.21. The zero-order valence-corrected chi connectivity index (χ0v) is 13.1. The van der Waals surface area contributed by atoms with Crippen LogP contribution < -0.4 is 5.56 Å². The van der Waals surface area contributed by atoms with Crippen molar-refractivity contribution in [2.45, 2.75) is 0 Å². The van der Waals surface area contributed by atoms with E-state index in [0.717, 1.165) is 4.47 Å². The first kappa shape index (κ1) is 13.6. The van der Waals surface area contributed by atoms with Crippen molar-refractivity contribution in [3.05, 3.63) is 67.6 Å². The van der Waals surface area contributed by atoms with Gasteiger partial charge in [-0.2, -0.15) is 0 Å². The summed E-state index contributed by atoms with van der Waals surface area (Å²) in [6, 6.07) is 12.2. The first-order chi connectivity index (χ1) is 9.56. The van der Waals surface area contributed by atoms with Gasteiger partial charge in [-0.25, -0.2) is 4.98 Å². The van der Waals surface area contributed by atoms with Crippen molar-refractivity contribution in [3.8, 4) is 5.69 Å². The number of fused-ring (bicyclic) bond motifs is 1. The van der Waals surface area contributed by atoms with E-state index in [0.29, 0.717) is 21.6 Å². The third-order valence-electron chi connectivity index (χ3n) is 2.86. The van der Waals surface area contributed by atoms with Gasteiger partial charge in [0.25, 0.3) is 5.56 Å². The summed E-state index contributed by atoms with van der Waals surface area (Å²) in [5.41, 5.74) is 0.909. The number of rotatable bonds is 1. The van der Waals surface area contributed by atoms with Gasteiger partial charge in [0.2, 0.25) is 5.28 Å². The summed E-state index contributed by atoms with van der Waals surface area (Å²) >= 11 is 15.4. The molecule has 2 aromatic carbocycles. The lowest BCUT2D eigenvalue weighted by Crippen LogP contribution is -2.20. The second-order valence-corrected chi connectivity index (χ2v) is 5.85. The number of hydrogen-bond acceptors (Lipinski definition) is 2. The minimum absolute atomic E-state index is 0.0999. The standard InChI is InChI=1S/C14H7BrCl2N2O/c15-8-4-5-11-12(6-8)18-14(17)19(13(11)20)10-3-1-2-9(16)7-10/h1-7H. The third kappa shape index (κ3) is 2.35. The number of benzene rings is 2. The Morgan fingerprint density at radius 1 is 1.10 bits per heavy atom. The van der Waals surface area contributed by atoms with Crippen LogP contribution in [0.2, 0.25) is 10.3 Å². The molecule has 1 aromatic heterocycles. The van der Waals surface area contributed by atoms with Crippen LogP contribution in [0.1, 0.15) is 0 Å². The van der Waals surface area contributed by atoms with Crippen molar-refractivity contribution in [3.63, 3.8) is 0 Å². The van der Waals surface area contributed by atoms with E-state index in [-0.39, 0.29) is 10.8 Å². The van der Waals surface area contributed by atoms with Gasteiger partial charge in [-0.1, -0.05) is 33.6 Å². The lowest BCUT2D eigenvalue weighted by molar-refractivity contribution is 0.964. The molecule has 0 saturated carbocycles. The van der Waals surface area contributed by atoms with Crippen LogP contribution in [0.5, 0.6) is 0 Å². The molecule has 0 atom stereocenters. The Balaban J connectivity index is 2.37. The molecule has 0 N–H and O–H groups in total. The van der Waals surface area contributed by atoms with Crippen molar-refractivity contribution in [2.75, 3.05) is 0 Å². The maximum Gasteiger partial charge on any atom is 0.266 e. The number of halogens is 3. The smallest absolute Gasteiger partial charge is 0.266 e. The maximum atomic E-state index is 12.6. The highest BCUT2D eigenvalue weighted by Gasteiger charge is 2.11. The topological polar surface area (TPSA) is 34.9 Å². The Bertz CT molecular complexity index is 877. The molecule has 0 unspecified atom stereocenters. The van der Waals surface area contributed by atoms with Crippen LogP contribution in [0.15, 0.2) is 51.7 Å². The van der Waals surface area contributed by atoms with Gasteiger partial charge in [-0.05, 0) is 48.0 Å². The van der Waals surface area contributed by atoms with Gasteiger partial charge in [-0.3, -0.25) is 9.36 Å². The van der Waals surface area contributed by atoms with Crippen LogP contribution in [0.4, 0.5) is 0 Å². The lowest BCUT2D eigenvalue weighted by Gasteiger charge is -2.09. The van der Waals surface area contributed by atoms with Crippen LogP contribution in [-0.4, -0.2) is 9.55 Å². The largest absolute Gasteiger partial charge is 0.268 e. The molecule has 0 saturated heterocycles. The molecule has 1 heterocycles. The summed E-state index contributed by atoms with van der Waals surface area (Å²) in [6.45, 7) is 0. The number of nitrogens with zero attached hydrogens (tertiary/aromatic N) is 2. The fraction of sp³-hybridized carbons (Fsp3) is 0. The van der Waals surface area contributed by atoms with Gasteiger partial charge in [-0.15, -0.1) is 0 Å². The summed E-state index contributed by atoms with van der Waals surface area (Å²) in [5.74, 6) is 0. The van der Waals surface area contributed by atoms with E-state index in [1.807, 2.05) is 0 Å². The van der Waals surface area contributed by atoms with Gasteiger partial charge >= 0.3 is 0 Å². The van der Waals surface area contributed by atoms with E-state index in [2.05, 4.69) is 20.9 Å². The van der Waals surface area contributed by atoms with E-state index < -0.39 is 0 Å². The zero-order chi connectivity index (χ0) is 14.3. The molecule has 0 bridgehead atoms. The van der Waals surface area contributed by atoms with E-state index in [4.69, 9.17) is 23.2 Å². The minimum Gasteiger partial charge on any atom is -0.268 e. The van der Waals surface area contributed by atoms with Crippen molar-refractivity contribution in [1.29, 1.82) is 0 Å². The minimum atomic E-state index is -0.227. The molecule has 0 aliphatic heterocycles. The van der Waals surface area contributed by atoms with Gasteiger partial charge in [0.1, 0.15) is 0 Å². The van der Waals surface area contributed by atoms with Crippen molar-refractivity contribution < 1.29 is 0 Å². The molecule has 3 rings (SSSR count). The summed E-state index contributed by atoms with van der Waals surface area (Å²) in [4.78, 5) is 16.8. The predicted molar refractivity (Wildman–Crippen MR) is 85.1 cm³/mol. The molecule has 3 aromatic rings. The lowest BCUT2D eigenvalue weighted by atomic mass is 10.2. The molecule has 0 amide bonds. The molecule has 0 aliphatic rings. The molecular weight excluding hydrogens is 363 g/mol. The Morgan fingerprint density at radius 2 is 1.90 bits per heavy atom. The first-order valence-corrected chi connectivity index (χ1v) is 7.25. The Kier molecular flexibility index (Phi) is 3.54. The van der Waals surface area contributed by atoms with Gasteiger partial charge < -0.3 is 0 Å². The summed E-state index contributed by atoms with van der Waals surface area (Å²) in [5, 5.41) is 1.13. The predicted octanol–water partition coefficient (Wildman–Crippen LogP) is 4.46. The maximum absolute atomic E-state index is 12.6. The third-order valence-corrected chi connectivity index (χ3v) is 3.84. The average Bonchev–Trinajstić information content (AvgIpc) is 2.38.